The third kappa shape index (κ3) is 2.42. The largest absolute Gasteiger partial charge is 0.496 e. The lowest BCUT2D eigenvalue weighted by Crippen LogP contribution is -2.04. The second kappa shape index (κ2) is 5.04. The second-order valence-corrected chi connectivity index (χ2v) is 6.01. The van der Waals surface area contributed by atoms with Crippen molar-refractivity contribution in [1.82, 2.24) is 5.16 Å². The lowest BCUT2D eigenvalue weighted by atomic mass is 10.1. The molecule has 0 aliphatic carbocycles. The van der Waals surface area contributed by atoms with E-state index in [1.807, 2.05) is 0 Å². The molecular formula is C12H14N2O5S. The number of hydrogen-bond donors (Lipinski definition) is 1. The van der Waals surface area contributed by atoms with Crippen molar-refractivity contribution < 1.29 is 22.4 Å². The number of nitrogens with zero attached hydrogens (tertiary/aromatic N) is 1. The first kappa shape index (κ1) is 14.2. The van der Waals surface area contributed by atoms with Crippen LogP contribution in [0.2, 0.25) is 0 Å². The SMILES string of the molecule is COc1ccc(OC)c(S(C)(=O)=O)c1-c1cc(N)no1. The van der Waals surface area contributed by atoms with E-state index in [0.717, 1.165) is 6.26 Å². The first-order valence-electron chi connectivity index (χ1n) is 5.56. The molecule has 7 nitrogen and oxygen atoms in total. The molecule has 0 saturated carbocycles. The van der Waals surface area contributed by atoms with Crippen LogP contribution in [0.4, 0.5) is 5.82 Å². The summed E-state index contributed by atoms with van der Waals surface area (Å²) in [6.07, 6.45) is 1.08. The molecule has 0 bridgehead atoms. The summed E-state index contributed by atoms with van der Waals surface area (Å²) in [7, 11) is -0.770. The monoisotopic (exact) mass is 298 g/mol. The topological polar surface area (TPSA) is 105 Å². The quantitative estimate of drug-likeness (QED) is 0.908. The molecule has 0 aliphatic rings. The Morgan fingerprint density at radius 3 is 2.25 bits per heavy atom. The van der Waals surface area contributed by atoms with Gasteiger partial charge in [-0.2, -0.15) is 0 Å². The standard InChI is InChI=1S/C12H14N2O5S/c1-17-7-4-5-8(18-2)12(20(3,15)16)11(7)9-6-10(13)14-19-9/h4-6H,1-3H3,(H2,13,14). The van der Waals surface area contributed by atoms with Gasteiger partial charge in [-0.15, -0.1) is 0 Å². The maximum atomic E-state index is 12.1. The van der Waals surface area contributed by atoms with Crippen LogP contribution in [-0.4, -0.2) is 34.0 Å². The van der Waals surface area contributed by atoms with E-state index in [0.29, 0.717) is 5.75 Å². The first-order valence-corrected chi connectivity index (χ1v) is 7.45. The summed E-state index contributed by atoms with van der Waals surface area (Å²) < 4.78 is 39.5. The minimum absolute atomic E-state index is 0.0319. The van der Waals surface area contributed by atoms with Gasteiger partial charge in [-0.25, -0.2) is 8.42 Å². The molecule has 8 heteroatoms. The summed E-state index contributed by atoms with van der Waals surface area (Å²) >= 11 is 0. The highest BCUT2D eigenvalue weighted by Gasteiger charge is 2.26. The smallest absolute Gasteiger partial charge is 0.180 e. The molecule has 20 heavy (non-hydrogen) atoms. The van der Waals surface area contributed by atoms with E-state index in [9.17, 15) is 8.42 Å². The third-order valence-electron chi connectivity index (χ3n) is 2.67. The molecular weight excluding hydrogens is 284 g/mol. The van der Waals surface area contributed by atoms with Crippen LogP contribution in [0.25, 0.3) is 11.3 Å². The predicted octanol–water partition coefficient (Wildman–Crippen LogP) is 1.34. The molecule has 0 spiro atoms. The molecule has 1 heterocycles. The first-order chi connectivity index (χ1) is 9.38. The van der Waals surface area contributed by atoms with Crippen LogP contribution >= 0.6 is 0 Å². The van der Waals surface area contributed by atoms with E-state index in [-0.39, 0.29) is 27.8 Å². The minimum atomic E-state index is -3.58. The number of anilines is 1. The van der Waals surface area contributed by atoms with E-state index in [4.69, 9.17) is 19.7 Å². The van der Waals surface area contributed by atoms with Gasteiger partial charge < -0.3 is 19.7 Å². The molecule has 108 valence electrons. The van der Waals surface area contributed by atoms with Gasteiger partial charge in [-0.05, 0) is 12.1 Å². The van der Waals surface area contributed by atoms with Crippen LogP contribution in [0.3, 0.4) is 0 Å². The third-order valence-corrected chi connectivity index (χ3v) is 3.82. The van der Waals surface area contributed by atoms with Crippen LogP contribution in [0.15, 0.2) is 27.6 Å². The van der Waals surface area contributed by atoms with E-state index in [1.54, 1.807) is 6.07 Å². The molecule has 0 radical (unpaired) electrons. The van der Waals surface area contributed by atoms with Gasteiger partial charge in [0.15, 0.2) is 21.4 Å². The number of benzene rings is 1. The molecule has 0 aliphatic heterocycles. The summed E-state index contributed by atoms with van der Waals surface area (Å²) in [4.78, 5) is -0.0319. The maximum absolute atomic E-state index is 12.1. The number of nitrogens with two attached hydrogens (primary N) is 1. The zero-order valence-corrected chi connectivity index (χ0v) is 12.0. The molecule has 0 fully saturated rings. The highest BCUT2D eigenvalue weighted by Crippen LogP contribution is 2.41. The Morgan fingerprint density at radius 2 is 1.80 bits per heavy atom. The molecule has 2 rings (SSSR count). The number of hydrogen-bond acceptors (Lipinski definition) is 7. The number of nitrogen functional groups attached to an aromatic ring is 1. The van der Waals surface area contributed by atoms with E-state index < -0.39 is 9.84 Å². The van der Waals surface area contributed by atoms with Crippen molar-refractivity contribution in [3.8, 4) is 22.8 Å². The number of methoxy groups -OCH3 is 2. The van der Waals surface area contributed by atoms with Crippen molar-refractivity contribution in [1.29, 1.82) is 0 Å². The number of aromatic nitrogens is 1. The fourth-order valence-electron chi connectivity index (χ4n) is 1.88. The summed E-state index contributed by atoms with van der Waals surface area (Å²) in [6.45, 7) is 0. The molecule has 0 amide bonds. The normalized spacial score (nSPS) is 11.3. The maximum Gasteiger partial charge on any atom is 0.180 e. The van der Waals surface area contributed by atoms with Crippen molar-refractivity contribution >= 4 is 15.7 Å². The van der Waals surface area contributed by atoms with Crippen molar-refractivity contribution in [2.75, 3.05) is 26.2 Å². The number of rotatable bonds is 4. The van der Waals surface area contributed by atoms with E-state index >= 15 is 0 Å². The fourth-order valence-corrected chi connectivity index (χ4v) is 2.97. The second-order valence-electron chi connectivity index (χ2n) is 4.06. The molecule has 0 atom stereocenters. The van der Waals surface area contributed by atoms with Crippen molar-refractivity contribution in [3.05, 3.63) is 18.2 Å². The Morgan fingerprint density at radius 1 is 1.20 bits per heavy atom. The summed E-state index contributed by atoms with van der Waals surface area (Å²) in [6, 6.07) is 4.52. The van der Waals surface area contributed by atoms with Crippen LogP contribution in [0.5, 0.6) is 11.5 Å². The Balaban J connectivity index is 2.88. The molecule has 0 saturated heterocycles. The van der Waals surface area contributed by atoms with Gasteiger partial charge in [0.05, 0.1) is 19.8 Å². The average Bonchev–Trinajstić information content (AvgIpc) is 2.82. The van der Waals surface area contributed by atoms with Crippen molar-refractivity contribution in [3.63, 3.8) is 0 Å². The molecule has 0 unspecified atom stereocenters. The fraction of sp³-hybridized carbons (Fsp3) is 0.250. The Kier molecular flexibility index (Phi) is 3.58. The molecule has 2 aromatic rings. The van der Waals surface area contributed by atoms with E-state index in [1.165, 1.54) is 26.4 Å². The van der Waals surface area contributed by atoms with Gasteiger partial charge >= 0.3 is 0 Å². The van der Waals surface area contributed by atoms with Gasteiger partial charge in [0.1, 0.15) is 16.4 Å². The Labute approximate surface area is 116 Å². The van der Waals surface area contributed by atoms with Crippen molar-refractivity contribution in [2.24, 2.45) is 0 Å². The van der Waals surface area contributed by atoms with E-state index in [2.05, 4.69) is 5.16 Å². The van der Waals surface area contributed by atoms with Gasteiger partial charge in [-0.1, -0.05) is 5.16 Å². The number of ether oxygens (including phenoxy) is 2. The Bertz CT molecular complexity index is 736. The van der Waals surface area contributed by atoms with Gasteiger partial charge in [0.25, 0.3) is 0 Å². The van der Waals surface area contributed by atoms with Crippen LogP contribution < -0.4 is 15.2 Å². The Hall–Kier alpha value is -2.22. The van der Waals surface area contributed by atoms with Crippen LogP contribution in [0.1, 0.15) is 0 Å². The zero-order valence-electron chi connectivity index (χ0n) is 11.2. The highest BCUT2D eigenvalue weighted by atomic mass is 32.2. The minimum Gasteiger partial charge on any atom is -0.496 e. The van der Waals surface area contributed by atoms with Crippen LogP contribution in [0, 0.1) is 0 Å². The highest BCUT2D eigenvalue weighted by molar-refractivity contribution is 7.91. The number of sulfone groups is 1. The lowest BCUT2D eigenvalue weighted by Gasteiger charge is -2.14. The van der Waals surface area contributed by atoms with Gasteiger partial charge in [-0.3, -0.25) is 0 Å². The summed E-state index contributed by atoms with van der Waals surface area (Å²) in [5, 5.41) is 3.56. The molecule has 1 aromatic heterocycles. The van der Waals surface area contributed by atoms with Crippen LogP contribution in [-0.2, 0) is 9.84 Å². The van der Waals surface area contributed by atoms with Crippen molar-refractivity contribution in [2.45, 2.75) is 4.90 Å². The predicted molar refractivity (Wildman–Crippen MR) is 72.6 cm³/mol. The van der Waals surface area contributed by atoms with Gasteiger partial charge in [0, 0.05) is 12.3 Å². The molecule has 1 aromatic carbocycles. The van der Waals surface area contributed by atoms with Gasteiger partial charge in [0.2, 0.25) is 0 Å². The lowest BCUT2D eigenvalue weighted by molar-refractivity contribution is 0.388. The zero-order chi connectivity index (χ0) is 14.9. The molecule has 2 N–H and O–H groups in total. The summed E-state index contributed by atoms with van der Waals surface area (Å²) in [5.41, 5.74) is 5.75. The average molecular weight is 298 g/mol. The summed E-state index contributed by atoms with van der Waals surface area (Å²) in [5.74, 6) is 0.851.